The average molecular weight is 381 g/mol. The summed E-state index contributed by atoms with van der Waals surface area (Å²) in [4.78, 5) is 7.40. The zero-order chi connectivity index (χ0) is 18.7. The molecule has 27 heavy (non-hydrogen) atoms. The van der Waals surface area contributed by atoms with Gasteiger partial charge in [0.1, 0.15) is 0 Å². The van der Waals surface area contributed by atoms with Gasteiger partial charge in [0, 0.05) is 57.9 Å². The third kappa shape index (κ3) is 7.59. The molecular weight excluding hydrogens is 340 g/mol. The number of hydrogen-bond donors (Lipinski definition) is 2. The molecule has 2 N–H and O–H groups in total. The quantitative estimate of drug-likeness (QED) is 0.346. The maximum Gasteiger partial charge on any atom is 0.191 e. The van der Waals surface area contributed by atoms with Gasteiger partial charge < -0.3 is 25.0 Å². The van der Waals surface area contributed by atoms with E-state index in [0.29, 0.717) is 12.0 Å². The van der Waals surface area contributed by atoms with Gasteiger partial charge in [0.2, 0.25) is 0 Å². The van der Waals surface area contributed by atoms with Crippen LogP contribution in [-0.2, 0) is 9.47 Å². The largest absolute Gasteiger partial charge is 0.381 e. The first-order valence-corrected chi connectivity index (χ1v) is 11.3. The van der Waals surface area contributed by atoms with E-state index in [4.69, 9.17) is 14.5 Å². The van der Waals surface area contributed by atoms with E-state index in [9.17, 15) is 0 Å². The van der Waals surface area contributed by atoms with E-state index < -0.39 is 0 Å². The van der Waals surface area contributed by atoms with Crippen LogP contribution in [0.25, 0.3) is 0 Å². The summed E-state index contributed by atoms with van der Waals surface area (Å²) in [6.45, 7) is 10.9. The molecule has 6 heteroatoms. The summed E-state index contributed by atoms with van der Waals surface area (Å²) in [6, 6.07) is 0.530. The van der Waals surface area contributed by atoms with Gasteiger partial charge in [-0.3, -0.25) is 4.99 Å². The topological polar surface area (TPSA) is 58.1 Å². The number of guanidine groups is 1. The van der Waals surface area contributed by atoms with Crippen molar-refractivity contribution in [3.8, 4) is 0 Å². The molecule has 1 aliphatic carbocycles. The van der Waals surface area contributed by atoms with Crippen LogP contribution < -0.4 is 10.6 Å². The number of likely N-dealkylation sites (tertiary alicyclic amines) is 1. The first kappa shape index (κ1) is 20.9. The summed E-state index contributed by atoms with van der Waals surface area (Å²) in [5.74, 6) is 2.51. The van der Waals surface area contributed by atoms with Gasteiger partial charge in [0.05, 0.1) is 13.2 Å². The van der Waals surface area contributed by atoms with Crippen LogP contribution in [0.2, 0.25) is 0 Å². The lowest BCUT2D eigenvalue weighted by atomic mass is 10.1. The number of hydrogen-bond acceptors (Lipinski definition) is 4. The van der Waals surface area contributed by atoms with Crippen molar-refractivity contribution in [1.29, 1.82) is 0 Å². The normalized spacial score (nSPS) is 27.5. The van der Waals surface area contributed by atoms with Crippen LogP contribution in [0.4, 0.5) is 0 Å². The zero-order valence-corrected chi connectivity index (χ0v) is 17.3. The van der Waals surface area contributed by atoms with Crippen LogP contribution in [0, 0.1) is 11.8 Å². The van der Waals surface area contributed by atoms with Gasteiger partial charge in [-0.2, -0.15) is 0 Å². The lowest BCUT2D eigenvalue weighted by Gasteiger charge is -2.21. The van der Waals surface area contributed by atoms with Crippen LogP contribution in [0.15, 0.2) is 4.99 Å². The van der Waals surface area contributed by atoms with E-state index >= 15 is 0 Å². The molecule has 0 bridgehead atoms. The van der Waals surface area contributed by atoms with Crippen molar-refractivity contribution in [2.24, 2.45) is 16.8 Å². The Labute approximate surface area is 165 Å². The second-order valence-corrected chi connectivity index (χ2v) is 8.46. The van der Waals surface area contributed by atoms with Gasteiger partial charge in [-0.05, 0) is 44.9 Å². The Bertz CT molecular complexity index is 434. The SMILES string of the molecule is CCNC(=NCCCOCC1CCOC1)NC1CCN(CC2CCCC2)C1. The highest BCUT2D eigenvalue weighted by atomic mass is 16.5. The Morgan fingerprint density at radius 2 is 2.07 bits per heavy atom. The van der Waals surface area contributed by atoms with E-state index in [2.05, 4.69) is 22.5 Å². The van der Waals surface area contributed by atoms with Crippen molar-refractivity contribution >= 4 is 5.96 Å². The lowest BCUT2D eigenvalue weighted by Crippen LogP contribution is -2.45. The summed E-state index contributed by atoms with van der Waals surface area (Å²) in [5.41, 5.74) is 0. The molecule has 3 fully saturated rings. The van der Waals surface area contributed by atoms with E-state index in [1.165, 1.54) is 45.2 Å². The summed E-state index contributed by atoms with van der Waals surface area (Å²) < 4.78 is 11.2. The predicted octanol–water partition coefficient (Wildman–Crippen LogP) is 2.25. The Morgan fingerprint density at radius 3 is 2.85 bits per heavy atom. The number of nitrogens with one attached hydrogen (secondary N) is 2. The minimum Gasteiger partial charge on any atom is -0.381 e. The Balaban J connectivity index is 1.29. The third-order valence-corrected chi connectivity index (χ3v) is 6.04. The molecule has 2 saturated heterocycles. The van der Waals surface area contributed by atoms with Crippen molar-refractivity contribution in [1.82, 2.24) is 15.5 Å². The molecule has 0 aromatic rings. The van der Waals surface area contributed by atoms with Gasteiger partial charge in [-0.25, -0.2) is 0 Å². The molecule has 3 rings (SSSR count). The number of aliphatic imine (C=N–C) groups is 1. The average Bonchev–Trinajstić information content (AvgIpc) is 3.42. The smallest absolute Gasteiger partial charge is 0.191 e. The fourth-order valence-electron chi connectivity index (χ4n) is 4.51. The standard InChI is InChI=1S/C21H40N4O2/c1-2-22-21(23-10-5-12-26-16-19-9-13-27-17-19)24-20-8-11-25(15-20)14-18-6-3-4-7-18/h18-20H,2-17H2,1H3,(H2,22,23,24). The van der Waals surface area contributed by atoms with Gasteiger partial charge in [-0.15, -0.1) is 0 Å². The van der Waals surface area contributed by atoms with Crippen LogP contribution in [-0.4, -0.2) is 76.1 Å². The molecule has 2 aliphatic heterocycles. The maximum absolute atomic E-state index is 5.77. The molecule has 0 aromatic carbocycles. The Hall–Kier alpha value is -0.850. The predicted molar refractivity (Wildman–Crippen MR) is 110 cm³/mol. The number of nitrogens with zero attached hydrogens (tertiary/aromatic N) is 2. The lowest BCUT2D eigenvalue weighted by molar-refractivity contribution is 0.0893. The van der Waals surface area contributed by atoms with E-state index in [1.54, 1.807) is 0 Å². The van der Waals surface area contributed by atoms with Crippen LogP contribution in [0.5, 0.6) is 0 Å². The molecule has 0 aromatic heterocycles. The molecule has 1 saturated carbocycles. The summed E-state index contributed by atoms with van der Waals surface area (Å²) in [6.07, 6.45) is 9.10. The fourth-order valence-corrected chi connectivity index (χ4v) is 4.51. The molecule has 0 spiro atoms. The van der Waals surface area contributed by atoms with Crippen molar-refractivity contribution in [2.75, 3.05) is 59.2 Å². The fraction of sp³-hybridized carbons (Fsp3) is 0.952. The number of rotatable bonds is 10. The van der Waals surface area contributed by atoms with Crippen molar-refractivity contribution in [3.63, 3.8) is 0 Å². The molecule has 156 valence electrons. The van der Waals surface area contributed by atoms with Gasteiger partial charge in [0.15, 0.2) is 5.96 Å². The first-order valence-electron chi connectivity index (χ1n) is 11.3. The summed E-state index contributed by atoms with van der Waals surface area (Å²) >= 11 is 0. The second kappa shape index (κ2) is 11.9. The van der Waals surface area contributed by atoms with E-state index in [-0.39, 0.29) is 0 Å². The minimum absolute atomic E-state index is 0.530. The van der Waals surface area contributed by atoms with Crippen LogP contribution in [0.1, 0.15) is 51.9 Å². The van der Waals surface area contributed by atoms with Crippen molar-refractivity contribution in [3.05, 3.63) is 0 Å². The van der Waals surface area contributed by atoms with Crippen molar-refractivity contribution < 1.29 is 9.47 Å². The second-order valence-electron chi connectivity index (χ2n) is 8.46. The Morgan fingerprint density at radius 1 is 1.19 bits per heavy atom. The van der Waals surface area contributed by atoms with Crippen molar-refractivity contribution in [2.45, 2.75) is 57.9 Å². The molecule has 3 aliphatic rings. The number of ether oxygens (including phenoxy) is 2. The monoisotopic (exact) mass is 380 g/mol. The first-order chi connectivity index (χ1) is 13.3. The minimum atomic E-state index is 0.530. The van der Waals surface area contributed by atoms with E-state index in [0.717, 1.165) is 70.8 Å². The van der Waals surface area contributed by atoms with E-state index in [1.807, 2.05) is 0 Å². The molecule has 2 unspecified atom stereocenters. The maximum atomic E-state index is 5.77. The molecular formula is C21H40N4O2. The Kier molecular flexibility index (Phi) is 9.18. The third-order valence-electron chi connectivity index (χ3n) is 6.04. The van der Waals surface area contributed by atoms with Gasteiger partial charge in [0.25, 0.3) is 0 Å². The van der Waals surface area contributed by atoms with Crippen LogP contribution >= 0.6 is 0 Å². The summed E-state index contributed by atoms with van der Waals surface area (Å²) in [7, 11) is 0. The molecule has 0 amide bonds. The van der Waals surface area contributed by atoms with Gasteiger partial charge in [-0.1, -0.05) is 12.8 Å². The highest BCUT2D eigenvalue weighted by Gasteiger charge is 2.26. The highest BCUT2D eigenvalue weighted by Crippen LogP contribution is 2.26. The molecule has 6 nitrogen and oxygen atoms in total. The highest BCUT2D eigenvalue weighted by molar-refractivity contribution is 5.80. The van der Waals surface area contributed by atoms with Gasteiger partial charge >= 0.3 is 0 Å². The van der Waals surface area contributed by atoms with Crippen LogP contribution in [0.3, 0.4) is 0 Å². The molecule has 0 radical (unpaired) electrons. The molecule has 2 heterocycles. The molecule has 2 atom stereocenters. The zero-order valence-electron chi connectivity index (χ0n) is 17.3. The summed E-state index contributed by atoms with van der Waals surface area (Å²) in [5, 5.41) is 7.04.